The van der Waals surface area contributed by atoms with Crippen LogP contribution in [0, 0.1) is 0 Å². The van der Waals surface area contributed by atoms with Crippen LogP contribution in [0.2, 0.25) is 0 Å². The van der Waals surface area contributed by atoms with E-state index in [4.69, 9.17) is 4.98 Å². The van der Waals surface area contributed by atoms with Crippen LogP contribution in [-0.4, -0.2) is 27.1 Å². The first-order valence-electron chi connectivity index (χ1n) is 12.0. The minimum absolute atomic E-state index is 0.327. The molecular formula is C27H41N3S. The Bertz CT molecular complexity index is 881. The summed E-state index contributed by atoms with van der Waals surface area (Å²) < 4.78 is 2.84. The minimum atomic E-state index is 0.327. The van der Waals surface area contributed by atoms with E-state index in [1.54, 1.807) is 5.57 Å². The van der Waals surface area contributed by atoms with Crippen molar-refractivity contribution in [3.8, 4) is 0 Å². The van der Waals surface area contributed by atoms with Gasteiger partial charge >= 0.3 is 0 Å². The van der Waals surface area contributed by atoms with E-state index in [9.17, 15) is 0 Å². The quantitative estimate of drug-likeness (QED) is 0.351. The van der Waals surface area contributed by atoms with E-state index >= 15 is 0 Å². The van der Waals surface area contributed by atoms with Gasteiger partial charge in [-0.15, -0.1) is 0 Å². The third-order valence-corrected chi connectivity index (χ3v) is 7.89. The second-order valence-electron chi connectivity index (χ2n) is 9.59. The molecule has 0 amide bonds. The Hall–Kier alpha value is -1.68. The van der Waals surface area contributed by atoms with E-state index in [2.05, 4.69) is 106 Å². The molecule has 0 fully saturated rings. The van der Waals surface area contributed by atoms with Crippen molar-refractivity contribution in [1.29, 1.82) is 0 Å². The summed E-state index contributed by atoms with van der Waals surface area (Å²) in [5, 5.41) is 0. The Labute approximate surface area is 194 Å². The van der Waals surface area contributed by atoms with Crippen molar-refractivity contribution in [2.75, 3.05) is 17.7 Å². The Balaban J connectivity index is 1.97. The zero-order valence-electron chi connectivity index (χ0n) is 20.6. The van der Waals surface area contributed by atoms with E-state index in [1.165, 1.54) is 42.8 Å². The van der Waals surface area contributed by atoms with Crippen LogP contribution in [0.1, 0.15) is 90.4 Å². The van der Waals surface area contributed by atoms with Crippen molar-refractivity contribution in [3.05, 3.63) is 53.4 Å². The van der Waals surface area contributed by atoms with Crippen LogP contribution in [0.4, 0.5) is 11.6 Å². The van der Waals surface area contributed by atoms with Crippen molar-refractivity contribution in [2.45, 2.75) is 90.4 Å². The van der Waals surface area contributed by atoms with Gasteiger partial charge < -0.3 is 9.47 Å². The maximum Gasteiger partial charge on any atom is 0.210 e. The summed E-state index contributed by atoms with van der Waals surface area (Å²) in [5.74, 6) is 3.00. The highest BCUT2D eigenvalue weighted by Gasteiger charge is 2.31. The normalized spacial score (nSPS) is 18.6. The molecule has 2 atom stereocenters. The highest BCUT2D eigenvalue weighted by molar-refractivity contribution is 8.00. The predicted molar refractivity (Wildman–Crippen MR) is 138 cm³/mol. The first-order valence-corrected chi connectivity index (χ1v) is 13.0. The first-order chi connectivity index (χ1) is 14.8. The van der Waals surface area contributed by atoms with Gasteiger partial charge in [0.2, 0.25) is 5.95 Å². The highest BCUT2D eigenvalue weighted by atomic mass is 32.2. The van der Waals surface area contributed by atoms with Gasteiger partial charge in [-0.2, -0.15) is 11.8 Å². The van der Waals surface area contributed by atoms with E-state index in [0.29, 0.717) is 16.6 Å². The number of anilines is 2. The van der Waals surface area contributed by atoms with Crippen LogP contribution in [0.5, 0.6) is 0 Å². The average molecular weight is 440 g/mol. The van der Waals surface area contributed by atoms with Crippen LogP contribution in [-0.2, 0) is 6.54 Å². The Morgan fingerprint density at radius 3 is 2.45 bits per heavy atom. The minimum Gasteiger partial charge on any atom is -0.315 e. The van der Waals surface area contributed by atoms with Gasteiger partial charge in [0, 0.05) is 47.3 Å². The van der Waals surface area contributed by atoms with Gasteiger partial charge in [0.05, 0.1) is 5.69 Å². The monoisotopic (exact) mass is 439 g/mol. The summed E-state index contributed by atoms with van der Waals surface area (Å²) >= 11 is 2.10. The van der Waals surface area contributed by atoms with Gasteiger partial charge in [0.25, 0.3) is 0 Å². The molecule has 0 N–H and O–H groups in total. The zero-order chi connectivity index (χ0) is 22.6. The molecular weight excluding hydrogens is 398 g/mol. The van der Waals surface area contributed by atoms with Crippen molar-refractivity contribution < 1.29 is 0 Å². The van der Waals surface area contributed by atoms with Gasteiger partial charge in [-0.3, -0.25) is 0 Å². The molecule has 0 spiro atoms. The van der Waals surface area contributed by atoms with Crippen LogP contribution in [0.3, 0.4) is 0 Å². The van der Waals surface area contributed by atoms with Crippen LogP contribution >= 0.6 is 11.8 Å². The standard InChI is InChI=1S/C27H41N3S/c1-8-13-22-19-20(3)25-24(21(22)4)28-26(29(7)23-14-11-10-12-15-23)30(25)17-18-31-27(5,6)16-9-2/h10-12,14-15,19-21H,8-9,13,16-18H2,1-7H3. The number of allylic oxidation sites excluding steroid dienone is 2. The van der Waals surface area contributed by atoms with Crippen LogP contribution < -0.4 is 4.90 Å². The number of para-hydroxylation sites is 1. The molecule has 1 aliphatic rings. The summed E-state index contributed by atoms with van der Waals surface area (Å²) in [5.41, 5.74) is 5.44. The summed E-state index contributed by atoms with van der Waals surface area (Å²) in [4.78, 5) is 7.54. The Kier molecular flexibility index (Phi) is 7.96. The van der Waals surface area contributed by atoms with Crippen molar-refractivity contribution >= 4 is 23.4 Å². The molecule has 1 heterocycles. The Morgan fingerprint density at radius 1 is 1.10 bits per heavy atom. The second kappa shape index (κ2) is 10.3. The van der Waals surface area contributed by atoms with E-state index in [-0.39, 0.29) is 0 Å². The number of imidazole rings is 1. The van der Waals surface area contributed by atoms with Crippen LogP contribution in [0.15, 0.2) is 42.0 Å². The fraction of sp³-hybridized carbons (Fsp3) is 0.593. The zero-order valence-corrected chi connectivity index (χ0v) is 21.4. The molecule has 1 aromatic carbocycles. The number of hydrogen-bond donors (Lipinski definition) is 0. The maximum absolute atomic E-state index is 5.28. The molecule has 170 valence electrons. The lowest BCUT2D eigenvalue weighted by atomic mass is 9.83. The van der Waals surface area contributed by atoms with E-state index in [0.717, 1.165) is 18.2 Å². The smallest absolute Gasteiger partial charge is 0.210 e. The second-order valence-corrected chi connectivity index (χ2v) is 11.4. The molecule has 0 saturated heterocycles. The average Bonchev–Trinajstić information content (AvgIpc) is 3.12. The molecule has 0 radical (unpaired) electrons. The molecule has 2 unspecified atom stereocenters. The fourth-order valence-corrected chi connectivity index (χ4v) is 6.08. The van der Waals surface area contributed by atoms with Crippen molar-refractivity contribution in [1.82, 2.24) is 9.55 Å². The molecule has 1 aliphatic carbocycles. The first kappa shape index (κ1) is 24.0. The maximum atomic E-state index is 5.28. The number of nitrogens with zero attached hydrogens (tertiary/aromatic N) is 3. The topological polar surface area (TPSA) is 21.1 Å². The molecule has 1 aromatic heterocycles. The lowest BCUT2D eigenvalue weighted by Gasteiger charge is -2.27. The number of thioether (sulfide) groups is 1. The lowest BCUT2D eigenvalue weighted by molar-refractivity contribution is 0.620. The van der Waals surface area contributed by atoms with Gasteiger partial charge in [-0.05, 0) is 25.0 Å². The molecule has 3 nitrogen and oxygen atoms in total. The van der Waals surface area contributed by atoms with Crippen molar-refractivity contribution in [3.63, 3.8) is 0 Å². The van der Waals surface area contributed by atoms with E-state index in [1.807, 2.05) is 0 Å². The molecule has 0 aliphatic heterocycles. The molecule has 3 rings (SSSR count). The van der Waals surface area contributed by atoms with Crippen LogP contribution in [0.25, 0.3) is 0 Å². The van der Waals surface area contributed by atoms with Gasteiger partial charge in [0.15, 0.2) is 0 Å². The Morgan fingerprint density at radius 2 is 1.81 bits per heavy atom. The van der Waals surface area contributed by atoms with Gasteiger partial charge in [-0.25, -0.2) is 4.98 Å². The summed E-state index contributed by atoms with van der Waals surface area (Å²) in [6, 6.07) is 10.6. The molecule has 31 heavy (non-hydrogen) atoms. The van der Waals surface area contributed by atoms with Gasteiger partial charge in [-0.1, -0.05) is 84.2 Å². The fourth-order valence-electron chi connectivity index (χ4n) is 4.91. The molecule has 2 aromatic rings. The molecule has 0 bridgehead atoms. The summed E-state index contributed by atoms with van der Waals surface area (Å²) in [7, 11) is 2.16. The highest BCUT2D eigenvalue weighted by Crippen LogP contribution is 2.42. The third kappa shape index (κ3) is 5.39. The number of fused-ring (bicyclic) bond motifs is 1. The summed E-state index contributed by atoms with van der Waals surface area (Å²) in [6.07, 6.45) is 7.37. The number of aromatic nitrogens is 2. The third-order valence-electron chi connectivity index (χ3n) is 6.52. The number of benzene rings is 1. The molecule has 0 saturated carbocycles. The number of rotatable bonds is 10. The van der Waals surface area contributed by atoms with Crippen molar-refractivity contribution in [2.24, 2.45) is 0 Å². The summed E-state index contributed by atoms with van der Waals surface area (Å²) in [6.45, 7) is 15.0. The van der Waals surface area contributed by atoms with Gasteiger partial charge in [0.1, 0.15) is 0 Å². The largest absolute Gasteiger partial charge is 0.315 e. The SMILES string of the molecule is CCCC1=CC(C)c2c(nc(N(C)c3ccccc3)n2CCSC(C)(C)CCC)C1C. The lowest BCUT2D eigenvalue weighted by Crippen LogP contribution is -2.21. The van der Waals surface area contributed by atoms with E-state index < -0.39 is 0 Å². The number of hydrogen-bond acceptors (Lipinski definition) is 3. The molecule has 4 heteroatoms. The predicted octanol–water partition coefficient (Wildman–Crippen LogP) is 7.91.